The third-order valence-electron chi connectivity index (χ3n) is 3.94. The summed E-state index contributed by atoms with van der Waals surface area (Å²) >= 11 is 0. The first-order valence-electron chi connectivity index (χ1n) is 6.73. The van der Waals surface area contributed by atoms with Gasteiger partial charge in [0.15, 0.2) is 0 Å². The van der Waals surface area contributed by atoms with Crippen molar-refractivity contribution in [3.05, 3.63) is 12.7 Å². The van der Waals surface area contributed by atoms with Crippen LogP contribution in [0.4, 0.5) is 0 Å². The van der Waals surface area contributed by atoms with Gasteiger partial charge in [-0.3, -0.25) is 4.79 Å². The van der Waals surface area contributed by atoms with E-state index in [1.165, 1.54) is 0 Å². The number of rotatable bonds is 6. The molecule has 17 heavy (non-hydrogen) atoms. The number of carbonyl (C=O) groups is 1. The summed E-state index contributed by atoms with van der Waals surface area (Å²) in [6.45, 7) is 8.64. The van der Waals surface area contributed by atoms with Crippen molar-refractivity contribution >= 4 is 5.91 Å². The molecule has 1 N–H and O–H groups in total. The molecule has 1 aliphatic rings. The number of nitrogens with one attached hydrogen (secondary N) is 1. The smallest absolute Gasteiger partial charge is 0.228 e. The van der Waals surface area contributed by atoms with Crippen molar-refractivity contribution in [3.8, 4) is 0 Å². The molecule has 0 saturated carbocycles. The van der Waals surface area contributed by atoms with Crippen molar-refractivity contribution in [2.24, 2.45) is 5.41 Å². The average molecular weight is 238 g/mol. The molecule has 3 heteroatoms. The van der Waals surface area contributed by atoms with Crippen LogP contribution < -0.4 is 5.32 Å². The Labute approximate surface area is 105 Å². The second-order valence-electron chi connectivity index (χ2n) is 5.04. The molecule has 0 aliphatic carbocycles. The first-order valence-corrected chi connectivity index (χ1v) is 6.73. The quantitative estimate of drug-likeness (QED) is 0.568. The zero-order valence-corrected chi connectivity index (χ0v) is 11.3. The van der Waals surface area contributed by atoms with Crippen LogP contribution in [0.25, 0.3) is 0 Å². The number of carbonyl (C=O) groups excluding carboxylic acids is 1. The summed E-state index contributed by atoms with van der Waals surface area (Å²) in [4.78, 5) is 14.4. The minimum absolute atomic E-state index is 0.103. The lowest BCUT2D eigenvalue weighted by atomic mass is 9.75. The summed E-state index contributed by atoms with van der Waals surface area (Å²) in [5, 5.41) is 3.34. The van der Waals surface area contributed by atoms with E-state index in [1.807, 2.05) is 18.0 Å². The summed E-state index contributed by atoms with van der Waals surface area (Å²) in [6, 6.07) is 0. The van der Waals surface area contributed by atoms with Crippen LogP contribution in [0.3, 0.4) is 0 Å². The minimum Gasteiger partial charge on any atom is -0.345 e. The fourth-order valence-electron chi connectivity index (χ4n) is 2.60. The lowest BCUT2D eigenvalue weighted by molar-refractivity contribution is -0.142. The Kier molecular flexibility index (Phi) is 5.69. The maximum absolute atomic E-state index is 12.5. The maximum atomic E-state index is 12.5. The Hall–Kier alpha value is -0.830. The van der Waals surface area contributed by atoms with Gasteiger partial charge < -0.3 is 10.2 Å². The first kappa shape index (κ1) is 14.2. The Morgan fingerprint density at radius 1 is 1.47 bits per heavy atom. The van der Waals surface area contributed by atoms with Gasteiger partial charge in [0.05, 0.1) is 5.41 Å². The molecule has 1 amide bonds. The van der Waals surface area contributed by atoms with E-state index in [1.54, 1.807) is 0 Å². The molecule has 0 aromatic carbocycles. The van der Waals surface area contributed by atoms with E-state index in [2.05, 4.69) is 18.8 Å². The van der Waals surface area contributed by atoms with Crippen molar-refractivity contribution in [2.45, 2.75) is 39.0 Å². The second kappa shape index (κ2) is 6.80. The molecule has 0 unspecified atom stereocenters. The third-order valence-corrected chi connectivity index (χ3v) is 3.94. The van der Waals surface area contributed by atoms with Crippen LogP contribution >= 0.6 is 0 Å². The summed E-state index contributed by atoms with van der Waals surface area (Å²) in [6.07, 6.45) is 6.84. The van der Waals surface area contributed by atoms with Crippen LogP contribution in [0.5, 0.6) is 0 Å². The van der Waals surface area contributed by atoms with Gasteiger partial charge in [0.1, 0.15) is 0 Å². The molecule has 1 aliphatic heterocycles. The Morgan fingerprint density at radius 2 is 2.12 bits per heavy atom. The fourth-order valence-corrected chi connectivity index (χ4v) is 2.60. The van der Waals surface area contributed by atoms with Gasteiger partial charge in [-0.2, -0.15) is 0 Å². The number of nitrogens with zero attached hydrogens (tertiary/aromatic N) is 1. The molecule has 0 aromatic rings. The van der Waals surface area contributed by atoms with Crippen molar-refractivity contribution in [1.29, 1.82) is 0 Å². The molecule has 0 spiro atoms. The molecule has 98 valence electrons. The van der Waals surface area contributed by atoms with Gasteiger partial charge in [0.2, 0.25) is 5.91 Å². The molecule has 1 fully saturated rings. The number of unbranched alkanes of at least 4 members (excludes halogenated alkanes) is 1. The molecule has 1 saturated heterocycles. The molecular formula is C14H26N2O. The van der Waals surface area contributed by atoms with Crippen LogP contribution in [-0.4, -0.2) is 37.5 Å². The van der Waals surface area contributed by atoms with E-state index >= 15 is 0 Å². The SMILES string of the molecule is C=CCCCN(C)C(=O)C1(CC)CCNCC1. The first-order chi connectivity index (χ1) is 8.16. The summed E-state index contributed by atoms with van der Waals surface area (Å²) < 4.78 is 0. The van der Waals surface area contributed by atoms with Crippen LogP contribution in [0.15, 0.2) is 12.7 Å². The molecule has 0 radical (unpaired) electrons. The maximum Gasteiger partial charge on any atom is 0.228 e. The highest BCUT2D eigenvalue weighted by Gasteiger charge is 2.39. The molecule has 1 rings (SSSR count). The number of amides is 1. The largest absolute Gasteiger partial charge is 0.345 e. The highest BCUT2D eigenvalue weighted by Crippen LogP contribution is 2.34. The van der Waals surface area contributed by atoms with Crippen LogP contribution in [-0.2, 0) is 4.79 Å². The molecule has 0 atom stereocenters. The van der Waals surface area contributed by atoms with Gasteiger partial charge >= 0.3 is 0 Å². The molecule has 3 nitrogen and oxygen atoms in total. The minimum atomic E-state index is -0.103. The normalized spacial score (nSPS) is 18.7. The molecular weight excluding hydrogens is 212 g/mol. The predicted octanol–water partition coefficient (Wildman–Crippen LogP) is 2.19. The zero-order valence-electron chi connectivity index (χ0n) is 11.3. The fraction of sp³-hybridized carbons (Fsp3) is 0.786. The van der Waals surface area contributed by atoms with Gasteiger partial charge in [-0.25, -0.2) is 0 Å². The van der Waals surface area contributed by atoms with E-state index < -0.39 is 0 Å². The van der Waals surface area contributed by atoms with Crippen molar-refractivity contribution in [1.82, 2.24) is 10.2 Å². The summed E-state index contributed by atoms with van der Waals surface area (Å²) in [5.74, 6) is 0.338. The topological polar surface area (TPSA) is 32.3 Å². The Bertz CT molecular complexity index is 257. The van der Waals surface area contributed by atoms with E-state index in [0.29, 0.717) is 5.91 Å². The van der Waals surface area contributed by atoms with E-state index in [4.69, 9.17) is 0 Å². The number of hydrogen-bond acceptors (Lipinski definition) is 2. The van der Waals surface area contributed by atoms with Crippen molar-refractivity contribution in [2.75, 3.05) is 26.7 Å². The monoisotopic (exact) mass is 238 g/mol. The molecule has 1 heterocycles. The highest BCUT2D eigenvalue weighted by atomic mass is 16.2. The van der Waals surface area contributed by atoms with Crippen molar-refractivity contribution < 1.29 is 4.79 Å². The van der Waals surface area contributed by atoms with Gasteiger partial charge in [-0.05, 0) is 45.2 Å². The van der Waals surface area contributed by atoms with Gasteiger partial charge in [-0.1, -0.05) is 13.0 Å². The molecule has 0 aromatic heterocycles. The summed E-state index contributed by atoms with van der Waals surface area (Å²) in [5.41, 5.74) is -0.103. The average Bonchev–Trinajstić information content (AvgIpc) is 2.38. The van der Waals surface area contributed by atoms with Gasteiger partial charge in [-0.15, -0.1) is 6.58 Å². The highest BCUT2D eigenvalue weighted by molar-refractivity contribution is 5.82. The Balaban J connectivity index is 2.55. The number of allylic oxidation sites excluding steroid dienone is 1. The Morgan fingerprint density at radius 3 is 2.65 bits per heavy atom. The zero-order chi connectivity index (χ0) is 12.7. The van der Waals surface area contributed by atoms with E-state index in [-0.39, 0.29) is 5.41 Å². The second-order valence-corrected chi connectivity index (χ2v) is 5.04. The van der Waals surface area contributed by atoms with E-state index in [0.717, 1.165) is 51.7 Å². The standard InChI is InChI=1S/C14H26N2O/c1-4-6-7-12-16(3)13(17)14(5-2)8-10-15-11-9-14/h4,15H,1,5-12H2,2-3H3. The molecule has 0 bridgehead atoms. The van der Waals surface area contributed by atoms with E-state index in [9.17, 15) is 4.79 Å². The van der Waals surface area contributed by atoms with Gasteiger partial charge in [0, 0.05) is 13.6 Å². The lowest BCUT2D eigenvalue weighted by Gasteiger charge is -2.38. The van der Waals surface area contributed by atoms with Crippen LogP contribution in [0, 0.1) is 5.41 Å². The van der Waals surface area contributed by atoms with Crippen LogP contribution in [0.1, 0.15) is 39.0 Å². The lowest BCUT2D eigenvalue weighted by Crippen LogP contribution is -2.48. The third kappa shape index (κ3) is 3.56. The van der Waals surface area contributed by atoms with Gasteiger partial charge in [0.25, 0.3) is 0 Å². The summed E-state index contributed by atoms with van der Waals surface area (Å²) in [7, 11) is 1.94. The van der Waals surface area contributed by atoms with Crippen LogP contribution in [0.2, 0.25) is 0 Å². The number of hydrogen-bond donors (Lipinski definition) is 1. The predicted molar refractivity (Wildman–Crippen MR) is 71.9 cm³/mol. The number of piperidine rings is 1. The van der Waals surface area contributed by atoms with Crippen molar-refractivity contribution in [3.63, 3.8) is 0 Å².